The second-order valence-electron chi connectivity index (χ2n) is 3.57. The van der Waals surface area contributed by atoms with Gasteiger partial charge in [-0.1, -0.05) is 18.2 Å². The van der Waals surface area contributed by atoms with Crippen LogP contribution < -0.4 is 16.4 Å². The van der Waals surface area contributed by atoms with Gasteiger partial charge in [0, 0.05) is 18.7 Å². The van der Waals surface area contributed by atoms with Gasteiger partial charge in [0.1, 0.15) is 11.6 Å². The zero-order valence-electron chi connectivity index (χ0n) is 9.84. The summed E-state index contributed by atoms with van der Waals surface area (Å²) in [6, 6.07) is 10.4. The van der Waals surface area contributed by atoms with Crippen LogP contribution in [0, 0.1) is 0 Å². The lowest BCUT2D eigenvalue weighted by Gasteiger charge is -2.06. The molecule has 1 aromatic carbocycles. The molecule has 0 bridgehead atoms. The summed E-state index contributed by atoms with van der Waals surface area (Å²) in [5.74, 6) is 0.736. The van der Waals surface area contributed by atoms with Gasteiger partial charge in [-0.05, 0) is 12.1 Å². The highest BCUT2D eigenvalue weighted by molar-refractivity contribution is 6.03. The van der Waals surface area contributed by atoms with E-state index in [4.69, 9.17) is 5.73 Å². The molecule has 0 radical (unpaired) electrons. The van der Waals surface area contributed by atoms with Crippen molar-refractivity contribution in [3.8, 4) is 0 Å². The fourth-order valence-corrected chi connectivity index (χ4v) is 1.41. The molecule has 1 heterocycles. The van der Waals surface area contributed by atoms with Crippen molar-refractivity contribution in [2.75, 3.05) is 23.4 Å². The Morgan fingerprint density at radius 3 is 2.61 bits per heavy atom. The minimum absolute atomic E-state index is 0.174. The first-order chi connectivity index (χ1) is 8.69. The summed E-state index contributed by atoms with van der Waals surface area (Å²) in [6.45, 7) is 0. The molecule has 0 spiro atoms. The fourth-order valence-electron chi connectivity index (χ4n) is 1.41. The van der Waals surface area contributed by atoms with Crippen molar-refractivity contribution in [1.82, 2.24) is 9.97 Å². The monoisotopic (exact) mass is 243 g/mol. The highest BCUT2D eigenvalue weighted by Crippen LogP contribution is 2.11. The topological polar surface area (TPSA) is 92.9 Å². The van der Waals surface area contributed by atoms with Crippen LogP contribution in [0.1, 0.15) is 10.4 Å². The SMILES string of the molecule is CNc1cc(N)nc(NC(=O)c2ccccc2)n1. The number of aromatic nitrogens is 2. The molecular formula is C12H13N5O. The molecule has 0 aliphatic rings. The molecule has 1 aromatic heterocycles. The number of anilines is 3. The fraction of sp³-hybridized carbons (Fsp3) is 0.0833. The average Bonchev–Trinajstić information content (AvgIpc) is 2.39. The number of nitrogens with zero attached hydrogens (tertiary/aromatic N) is 2. The van der Waals surface area contributed by atoms with Crippen LogP contribution in [-0.4, -0.2) is 22.9 Å². The molecule has 0 fully saturated rings. The van der Waals surface area contributed by atoms with Crippen molar-refractivity contribution in [1.29, 1.82) is 0 Å². The summed E-state index contributed by atoms with van der Waals surface area (Å²) in [6.07, 6.45) is 0. The van der Waals surface area contributed by atoms with E-state index in [9.17, 15) is 4.79 Å². The van der Waals surface area contributed by atoms with E-state index >= 15 is 0 Å². The maximum absolute atomic E-state index is 11.9. The Morgan fingerprint density at radius 2 is 1.94 bits per heavy atom. The van der Waals surface area contributed by atoms with Crippen LogP contribution in [0.2, 0.25) is 0 Å². The van der Waals surface area contributed by atoms with Gasteiger partial charge < -0.3 is 11.1 Å². The Morgan fingerprint density at radius 1 is 1.22 bits per heavy atom. The zero-order chi connectivity index (χ0) is 13.0. The first-order valence-electron chi connectivity index (χ1n) is 5.38. The van der Waals surface area contributed by atoms with Crippen LogP contribution in [0.5, 0.6) is 0 Å². The van der Waals surface area contributed by atoms with Crippen molar-refractivity contribution in [2.45, 2.75) is 0 Å². The smallest absolute Gasteiger partial charge is 0.258 e. The second-order valence-corrected chi connectivity index (χ2v) is 3.57. The molecule has 0 aliphatic heterocycles. The predicted octanol–water partition coefficient (Wildman–Crippen LogP) is 1.35. The maximum atomic E-state index is 11.9. The zero-order valence-corrected chi connectivity index (χ0v) is 9.84. The lowest BCUT2D eigenvalue weighted by atomic mass is 10.2. The van der Waals surface area contributed by atoms with Crippen LogP contribution in [0.3, 0.4) is 0 Å². The Bertz CT molecular complexity index is 556. The molecule has 1 amide bonds. The maximum Gasteiger partial charge on any atom is 0.258 e. The van der Waals surface area contributed by atoms with E-state index in [1.165, 1.54) is 0 Å². The lowest BCUT2D eigenvalue weighted by Crippen LogP contribution is -2.15. The van der Waals surface area contributed by atoms with E-state index in [1.807, 2.05) is 6.07 Å². The number of benzene rings is 1. The van der Waals surface area contributed by atoms with Crippen molar-refractivity contribution in [2.24, 2.45) is 0 Å². The third-order valence-corrected chi connectivity index (χ3v) is 2.26. The highest BCUT2D eigenvalue weighted by Gasteiger charge is 2.08. The van der Waals surface area contributed by atoms with Crippen molar-refractivity contribution in [3.05, 3.63) is 42.0 Å². The predicted molar refractivity (Wildman–Crippen MR) is 70.4 cm³/mol. The number of amides is 1. The van der Waals surface area contributed by atoms with Crippen LogP contribution in [0.25, 0.3) is 0 Å². The molecule has 0 saturated heterocycles. The summed E-state index contributed by atoms with van der Waals surface area (Å²) in [5.41, 5.74) is 6.14. The van der Waals surface area contributed by atoms with Gasteiger partial charge in [-0.15, -0.1) is 0 Å². The molecular weight excluding hydrogens is 230 g/mol. The molecule has 6 heteroatoms. The summed E-state index contributed by atoms with van der Waals surface area (Å²) < 4.78 is 0. The summed E-state index contributed by atoms with van der Waals surface area (Å²) in [5, 5.41) is 5.43. The van der Waals surface area contributed by atoms with Gasteiger partial charge in [0.25, 0.3) is 5.91 Å². The summed E-state index contributed by atoms with van der Waals surface area (Å²) in [4.78, 5) is 19.9. The average molecular weight is 243 g/mol. The summed E-state index contributed by atoms with van der Waals surface area (Å²) >= 11 is 0. The Balaban J connectivity index is 2.19. The van der Waals surface area contributed by atoms with E-state index in [0.29, 0.717) is 11.4 Å². The third-order valence-electron chi connectivity index (χ3n) is 2.26. The van der Waals surface area contributed by atoms with Gasteiger partial charge in [0.2, 0.25) is 5.95 Å². The van der Waals surface area contributed by atoms with Crippen molar-refractivity contribution >= 4 is 23.5 Å². The number of nitrogens with one attached hydrogen (secondary N) is 2. The van der Waals surface area contributed by atoms with E-state index < -0.39 is 0 Å². The Kier molecular flexibility index (Phi) is 3.38. The number of carbonyl (C=O) groups excluding carboxylic acids is 1. The number of hydrogen-bond acceptors (Lipinski definition) is 5. The van der Waals surface area contributed by atoms with Crippen LogP contribution >= 0.6 is 0 Å². The molecule has 4 N–H and O–H groups in total. The Labute approximate surface area is 104 Å². The molecule has 18 heavy (non-hydrogen) atoms. The van der Waals surface area contributed by atoms with Crippen molar-refractivity contribution in [3.63, 3.8) is 0 Å². The quantitative estimate of drug-likeness (QED) is 0.756. The van der Waals surface area contributed by atoms with Gasteiger partial charge in [-0.3, -0.25) is 10.1 Å². The minimum Gasteiger partial charge on any atom is -0.383 e. The number of rotatable bonds is 3. The van der Waals surface area contributed by atoms with E-state index in [0.717, 1.165) is 0 Å². The largest absolute Gasteiger partial charge is 0.383 e. The van der Waals surface area contributed by atoms with Crippen LogP contribution in [-0.2, 0) is 0 Å². The van der Waals surface area contributed by atoms with Crippen LogP contribution in [0.4, 0.5) is 17.6 Å². The normalized spacial score (nSPS) is 9.83. The van der Waals surface area contributed by atoms with Gasteiger partial charge in [-0.25, -0.2) is 0 Å². The molecule has 6 nitrogen and oxygen atoms in total. The van der Waals surface area contributed by atoms with Crippen molar-refractivity contribution < 1.29 is 4.79 Å². The van der Waals surface area contributed by atoms with Gasteiger partial charge in [-0.2, -0.15) is 9.97 Å². The number of nitrogen functional groups attached to an aromatic ring is 1. The third kappa shape index (κ3) is 2.73. The molecule has 0 saturated carbocycles. The molecule has 0 unspecified atom stereocenters. The molecule has 2 rings (SSSR count). The van der Waals surface area contributed by atoms with E-state index in [1.54, 1.807) is 37.4 Å². The molecule has 0 atom stereocenters. The van der Waals surface area contributed by atoms with E-state index in [-0.39, 0.29) is 17.7 Å². The molecule has 92 valence electrons. The van der Waals surface area contributed by atoms with E-state index in [2.05, 4.69) is 20.6 Å². The minimum atomic E-state index is -0.275. The van der Waals surface area contributed by atoms with Crippen LogP contribution in [0.15, 0.2) is 36.4 Å². The first-order valence-corrected chi connectivity index (χ1v) is 5.38. The molecule has 2 aromatic rings. The number of hydrogen-bond donors (Lipinski definition) is 3. The number of carbonyl (C=O) groups is 1. The lowest BCUT2D eigenvalue weighted by molar-refractivity contribution is 0.102. The standard InChI is InChI=1S/C12H13N5O/c1-14-10-7-9(13)15-12(16-10)17-11(18)8-5-3-2-4-6-8/h2-7H,1H3,(H4,13,14,15,16,17,18). The summed E-state index contributed by atoms with van der Waals surface area (Å²) in [7, 11) is 1.71. The Hall–Kier alpha value is -2.63. The number of nitrogens with two attached hydrogens (primary N) is 1. The first kappa shape index (κ1) is 11.8. The second kappa shape index (κ2) is 5.13. The molecule has 0 aliphatic carbocycles. The highest BCUT2D eigenvalue weighted by atomic mass is 16.1. The van der Waals surface area contributed by atoms with Gasteiger partial charge >= 0.3 is 0 Å². The van der Waals surface area contributed by atoms with Gasteiger partial charge in [0.05, 0.1) is 0 Å². The van der Waals surface area contributed by atoms with Gasteiger partial charge in [0.15, 0.2) is 0 Å².